The first-order valence-electron chi connectivity index (χ1n) is 7.44. The average molecular weight is 273 g/mol. The Kier molecular flexibility index (Phi) is 3.38. The van der Waals surface area contributed by atoms with Gasteiger partial charge in [0.05, 0.1) is 5.69 Å². The number of fused-ring (bicyclic) bond motifs is 1. The van der Waals surface area contributed by atoms with Crippen LogP contribution >= 0.6 is 0 Å². The maximum absolute atomic E-state index is 6.12. The van der Waals surface area contributed by atoms with Gasteiger partial charge in [0, 0.05) is 17.3 Å². The lowest BCUT2D eigenvalue weighted by Crippen LogP contribution is -2.27. The van der Waals surface area contributed by atoms with Crippen molar-refractivity contribution >= 4 is 11.5 Å². The maximum Gasteiger partial charge on any atom is 0.161 e. The molecule has 3 rings (SSSR count). The Hall–Kier alpha value is -1.62. The van der Waals surface area contributed by atoms with E-state index in [-0.39, 0.29) is 0 Å². The van der Waals surface area contributed by atoms with Gasteiger partial charge in [-0.1, -0.05) is 13.8 Å². The minimum absolute atomic E-state index is 0.390. The van der Waals surface area contributed by atoms with Crippen LogP contribution in [-0.4, -0.2) is 27.7 Å². The molecule has 0 radical (unpaired) electrons. The van der Waals surface area contributed by atoms with Crippen LogP contribution in [0.5, 0.6) is 0 Å². The molecule has 0 aliphatic carbocycles. The molecule has 3 heterocycles. The second-order valence-electron chi connectivity index (χ2n) is 6.04. The van der Waals surface area contributed by atoms with Gasteiger partial charge in [-0.25, -0.2) is 4.98 Å². The largest absolute Gasteiger partial charge is 0.384 e. The summed E-state index contributed by atoms with van der Waals surface area (Å²) in [6, 6.07) is 1.89. The fraction of sp³-hybridized carbons (Fsp3) is 0.600. The van der Waals surface area contributed by atoms with Crippen LogP contribution in [0.3, 0.4) is 0 Å². The highest BCUT2D eigenvalue weighted by Crippen LogP contribution is 2.34. The third kappa shape index (κ3) is 2.16. The lowest BCUT2D eigenvalue weighted by atomic mass is 9.87. The Balaban J connectivity index is 2.22. The lowest BCUT2D eigenvalue weighted by Gasteiger charge is -2.23. The average Bonchev–Trinajstić information content (AvgIpc) is 2.79. The van der Waals surface area contributed by atoms with E-state index < -0.39 is 0 Å². The highest BCUT2D eigenvalue weighted by atomic mass is 15.3. The third-order valence-electron chi connectivity index (χ3n) is 4.10. The van der Waals surface area contributed by atoms with Crippen molar-refractivity contribution in [3.63, 3.8) is 0 Å². The number of aromatic nitrogens is 3. The second-order valence-corrected chi connectivity index (χ2v) is 6.04. The summed E-state index contributed by atoms with van der Waals surface area (Å²) in [7, 11) is 0. The standard InChI is InChI=1S/C15H23N5/c1-9(2)14-13(11-4-6-17-7-5-11)15-18-10(3)8-12(16)20(15)19-14/h8-9,11,17H,4-7,16H2,1-3H3. The SMILES string of the molecule is Cc1cc(N)n2nc(C(C)C)c(C3CCNCC3)c2n1. The zero-order valence-corrected chi connectivity index (χ0v) is 12.5. The predicted molar refractivity (Wildman–Crippen MR) is 81.1 cm³/mol. The van der Waals surface area contributed by atoms with E-state index in [0.717, 1.165) is 43.0 Å². The molecule has 5 nitrogen and oxygen atoms in total. The number of nitrogen functional groups attached to an aromatic ring is 1. The Labute approximate surface area is 119 Å². The number of aryl methyl sites for hydroxylation is 1. The van der Waals surface area contributed by atoms with E-state index in [0.29, 0.717) is 17.7 Å². The highest BCUT2D eigenvalue weighted by molar-refractivity contribution is 5.57. The van der Waals surface area contributed by atoms with E-state index in [2.05, 4.69) is 19.2 Å². The van der Waals surface area contributed by atoms with E-state index >= 15 is 0 Å². The zero-order chi connectivity index (χ0) is 14.3. The van der Waals surface area contributed by atoms with E-state index in [1.54, 1.807) is 0 Å². The van der Waals surface area contributed by atoms with Crippen molar-refractivity contribution in [2.24, 2.45) is 0 Å². The molecule has 1 aliphatic rings. The third-order valence-corrected chi connectivity index (χ3v) is 4.10. The molecule has 0 atom stereocenters. The number of nitrogens with two attached hydrogens (primary N) is 1. The lowest BCUT2D eigenvalue weighted by molar-refractivity contribution is 0.458. The molecule has 0 aromatic carbocycles. The molecule has 108 valence electrons. The molecule has 0 unspecified atom stereocenters. The van der Waals surface area contributed by atoms with Crippen molar-refractivity contribution in [2.45, 2.75) is 45.4 Å². The number of piperidine rings is 1. The Morgan fingerprint density at radius 2 is 2.05 bits per heavy atom. The van der Waals surface area contributed by atoms with Crippen LogP contribution in [0.15, 0.2) is 6.07 Å². The normalized spacial score (nSPS) is 17.2. The van der Waals surface area contributed by atoms with Crippen LogP contribution in [-0.2, 0) is 0 Å². The van der Waals surface area contributed by atoms with Gasteiger partial charge in [0.15, 0.2) is 5.65 Å². The van der Waals surface area contributed by atoms with Crippen LogP contribution in [0.4, 0.5) is 5.82 Å². The van der Waals surface area contributed by atoms with Crippen LogP contribution in [0.25, 0.3) is 5.65 Å². The van der Waals surface area contributed by atoms with Crippen molar-refractivity contribution in [1.82, 2.24) is 19.9 Å². The summed E-state index contributed by atoms with van der Waals surface area (Å²) in [6.45, 7) is 8.51. The number of hydrogen-bond donors (Lipinski definition) is 2. The van der Waals surface area contributed by atoms with Crippen LogP contribution < -0.4 is 11.1 Å². The van der Waals surface area contributed by atoms with Crippen LogP contribution in [0.1, 0.15) is 55.5 Å². The topological polar surface area (TPSA) is 68.2 Å². The molecule has 2 aromatic heterocycles. The van der Waals surface area contributed by atoms with Crippen molar-refractivity contribution in [2.75, 3.05) is 18.8 Å². The Morgan fingerprint density at radius 1 is 1.35 bits per heavy atom. The molecular formula is C15H23N5. The fourth-order valence-electron chi connectivity index (χ4n) is 3.13. The predicted octanol–water partition coefficient (Wildman–Crippen LogP) is 2.21. The van der Waals surface area contributed by atoms with E-state index in [1.165, 1.54) is 5.56 Å². The molecule has 0 amide bonds. The molecule has 3 N–H and O–H groups in total. The molecule has 20 heavy (non-hydrogen) atoms. The van der Waals surface area contributed by atoms with Crippen molar-refractivity contribution in [3.05, 3.63) is 23.0 Å². The molecule has 1 fully saturated rings. The van der Waals surface area contributed by atoms with Gasteiger partial charge in [-0.15, -0.1) is 0 Å². The molecule has 1 saturated heterocycles. The van der Waals surface area contributed by atoms with Gasteiger partial charge < -0.3 is 11.1 Å². The molecule has 0 bridgehead atoms. The summed E-state index contributed by atoms with van der Waals surface area (Å²) in [5.41, 5.74) is 10.5. The molecular weight excluding hydrogens is 250 g/mol. The number of rotatable bonds is 2. The molecule has 5 heteroatoms. The van der Waals surface area contributed by atoms with Gasteiger partial charge in [0.2, 0.25) is 0 Å². The first-order chi connectivity index (χ1) is 9.58. The summed E-state index contributed by atoms with van der Waals surface area (Å²) >= 11 is 0. The van der Waals surface area contributed by atoms with E-state index in [9.17, 15) is 0 Å². The van der Waals surface area contributed by atoms with Gasteiger partial charge in [-0.05, 0) is 44.7 Å². The summed E-state index contributed by atoms with van der Waals surface area (Å²) < 4.78 is 1.82. The summed E-state index contributed by atoms with van der Waals surface area (Å²) in [6.07, 6.45) is 2.30. The van der Waals surface area contributed by atoms with Crippen molar-refractivity contribution < 1.29 is 0 Å². The quantitative estimate of drug-likeness (QED) is 0.880. The number of nitrogens with one attached hydrogen (secondary N) is 1. The van der Waals surface area contributed by atoms with Crippen molar-refractivity contribution in [1.29, 1.82) is 0 Å². The first-order valence-corrected chi connectivity index (χ1v) is 7.44. The zero-order valence-electron chi connectivity index (χ0n) is 12.5. The molecule has 1 aliphatic heterocycles. The monoisotopic (exact) mass is 273 g/mol. The number of anilines is 1. The van der Waals surface area contributed by atoms with Gasteiger partial charge in [0.1, 0.15) is 5.82 Å². The van der Waals surface area contributed by atoms with Gasteiger partial charge in [0.25, 0.3) is 0 Å². The Morgan fingerprint density at radius 3 is 2.70 bits per heavy atom. The number of nitrogens with zero attached hydrogens (tertiary/aromatic N) is 3. The summed E-state index contributed by atoms with van der Waals surface area (Å²) in [4.78, 5) is 4.71. The highest BCUT2D eigenvalue weighted by Gasteiger charge is 2.26. The Bertz CT molecular complexity index is 623. The minimum Gasteiger partial charge on any atom is -0.384 e. The summed E-state index contributed by atoms with van der Waals surface area (Å²) in [5, 5.41) is 8.16. The van der Waals surface area contributed by atoms with E-state index in [1.807, 2.05) is 17.5 Å². The smallest absolute Gasteiger partial charge is 0.161 e. The second kappa shape index (κ2) is 5.05. The molecule has 0 saturated carbocycles. The van der Waals surface area contributed by atoms with Gasteiger partial charge in [-0.3, -0.25) is 0 Å². The molecule has 0 spiro atoms. The fourth-order valence-corrected chi connectivity index (χ4v) is 3.13. The number of hydrogen-bond acceptors (Lipinski definition) is 4. The summed E-state index contributed by atoms with van der Waals surface area (Å²) in [5.74, 6) is 1.61. The molecule has 2 aromatic rings. The first kappa shape index (κ1) is 13.4. The maximum atomic E-state index is 6.12. The van der Waals surface area contributed by atoms with Crippen LogP contribution in [0, 0.1) is 6.92 Å². The minimum atomic E-state index is 0.390. The van der Waals surface area contributed by atoms with Gasteiger partial charge in [-0.2, -0.15) is 9.61 Å². The van der Waals surface area contributed by atoms with Crippen LogP contribution in [0.2, 0.25) is 0 Å². The van der Waals surface area contributed by atoms with E-state index in [4.69, 9.17) is 15.8 Å². The van der Waals surface area contributed by atoms with Gasteiger partial charge >= 0.3 is 0 Å². The van der Waals surface area contributed by atoms with Crippen molar-refractivity contribution in [3.8, 4) is 0 Å².